The van der Waals surface area contributed by atoms with Crippen LogP contribution in [0.5, 0.6) is 0 Å². The molecule has 0 fully saturated rings. The van der Waals surface area contributed by atoms with Crippen LogP contribution in [0.2, 0.25) is 0 Å². The minimum atomic E-state index is -0.241. The number of thiazole rings is 1. The highest BCUT2D eigenvalue weighted by Gasteiger charge is 2.18. The Labute approximate surface area is 111 Å². The minimum absolute atomic E-state index is 0.0382. The fraction of sp³-hybridized carbons (Fsp3) is 0.417. The van der Waals surface area contributed by atoms with Gasteiger partial charge in [-0.15, -0.1) is 11.3 Å². The molecule has 0 aromatic carbocycles. The van der Waals surface area contributed by atoms with Crippen LogP contribution in [0.3, 0.4) is 0 Å². The number of rotatable bonds is 5. The summed E-state index contributed by atoms with van der Waals surface area (Å²) >= 11 is 1.41. The standard InChI is InChI=1S/C12H17N3O2S/c1-5-10(16)15(6-2)7-11(17)14(4)12-13-9(3)8-18-12/h5,8H,1,6-7H2,2-4H3. The maximum Gasteiger partial charge on any atom is 0.248 e. The number of hydrogen-bond donors (Lipinski definition) is 0. The molecule has 0 aliphatic rings. The molecule has 0 aliphatic carbocycles. The largest absolute Gasteiger partial charge is 0.330 e. The summed E-state index contributed by atoms with van der Waals surface area (Å²) in [7, 11) is 1.66. The van der Waals surface area contributed by atoms with Gasteiger partial charge < -0.3 is 4.90 Å². The van der Waals surface area contributed by atoms with Crippen LogP contribution >= 0.6 is 11.3 Å². The van der Waals surface area contributed by atoms with E-state index in [9.17, 15) is 9.59 Å². The SMILES string of the molecule is C=CC(=O)N(CC)CC(=O)N(C)c1nc(C)cs1. The number of nitrogens with zero attached hydrogens (tertiary/aromatic N) is 3. The van der Waals surface area contributed by atoms with Crippen molar-refractivity contribution in [2.45, 2.75) is 13.8 Å². The predicted molar refractivity (Wildman–Crippen MR) is 72.7 cm³/mol. The molecule has 0 saturated heterocycles. The molecule has 18 heavy (non-hydrogen) atoms. The van der Waals surface area contributed by atoms with Gasteiger partial charge in [-0.3, -0.25) is 14.5 Å². The first-order valence-corrected chi connectivity index (χ1v) is 6.47. The molecule has 98 valence electrons. The van der Waals surface area contributed by atoms with Crippen LogP contribution in [0, 0.1) is 6.92 Å². The molecular formula is C12H17N3O2S. The predicted octanol–water partition coefficient (Wildman–Crippen LogP) is 1.45. The van der Waals surface area contributed by atoms with Gasteiger partial charge in [0, 0.05) is 19.0 Å². The summed E-state index contributed by atoms with van der Waals surface area (Å²) in [5, 5.41) is 2.52. The average Bonchev–Trinajstić information content (AvgIpc) is 2.80. The van der Waals surface area contributed by atoms with Crippen LogP contribution in [0.1, 0.15) is 12.6 Å². The van der Waals surface area contributed by atoms with Crippen LogP contribution in [0.4, 0.5) is 5.13 Å². The fourth-order valence-electron chi connectivity index (χ4n) is 1.35. The Morgan fingerprint density at radius 1 is 1.56 bits per heavy atom. The van der Waals surface area contributed by atoms with Crippen molar-refractivity contribution in [1.29, 1.82) is 0 Å². The number of hydrogen-bond acceptors (Lipinski definition) is 4. The highest BCUT2D eigenvalue weighted by molar-refractivity contribution is 7.14. The second-order valence-electron chi connectivity index (χ2n) is 3.78. The Morgan fingerprint density at radius 3 is 2.67 bits per heavy atom. The van der Waals surface area contributed by atoms with Gasteiger partial charge in [0.15, 0.2) is 5.13 Å². The molecule has 0 atom stereocenters. The Kier molecular flexibility index (Phi) is 5.03. The van der Waals surface area contributed by atoms with E-state index in [1.54, 1.807) is 7.05 Å². The lowest BCUT2D eigenvalue weighted by Gasteiger charge is -2.21. The van der Waals surface area contributed by atoms with Gasteiger partial charge >= 0.3 is 0 Å². The Morgan fingerprint density at radius 2 is 2.22 bits per heavy atom. The molecule has 0 bridgehead atoms. The highest BCUT2D eigenvalue weighted by Crippen LogP contribution is 2.18. The number of likely N-dealkylation sites (N-methyl/N-ethyl adjacent to an activating group) is 2. The summed E-state index contributed by atoms with van der Waals surface area (Å²) in [6.45, 7) is 7.62. The topological polar surface area (TPSA) is 53.5 Å². The third kappa shape index (κ3) is 3.40. The number of carbonyl (C=O) groups is 2. The van der Waals surface area contributed by atoms with Crippen molar-refractivity contribution in [2.75, 3.05) is 25.0 Å². The number of anilines is 1. The van der Waals surface area contributed by atoms with Crippen molar-refractivity contribution in [1.82, 2.24) is 9.88 Å². The van der Waals surface area contributed by atoms with Gasteiger partial charge in [0.2, 0.25) is 11.8 Å². The molecule has 0 radical (unpaired) electrons. The summed E-state index contributed by atoms with van der Waals surface area (Å²) < 4.78 is 0. The summed E-state index contributed by atoms with van der Waals surface area (Å²) in [6, 6.07) is 0. The van der Waals surface area contributed by atoms with Crippen LogP contribution < -0.4 is 4.90 Å². The third-order valence-electron chi connectivity index (χ3n) is 2.46. The molecule has 0 N–H and O–H groups in total. The molecule has 0 spiro atoms. The van der Waals surface area contributed by atoms with Crippen LogP contribution in [-0.4, -0.2) is 41.8 Å². The Balaban J connectivity index is 2.70. The van der Waals surface area contributed by atoms with Crippen molar-refractivity contribution in [2.24, 2.45) is 0 Å². The van der Waals surface area contributed by atoms with Crippen LogP contribution in [0.15, 0.2) is 18.0 Å². The van der Waals surface area contributed by atoms with Gasteiger partial charge in [0.1, 0.15) is 6.54 Å². The van der Waals surface area contributed by atoms with Crippen molar-refractivity contribution in [3.05, 3.63) is 23.7 Å². The van der Waals surface area contributed by atoms with Crippen molar-refractivity contribution < 1.29 is 9.59 Å². The van der Waals surface area contributed by atoms with E-state index >= 15 is 0 Å². The van der Waals surface area contributed by atoms with Crippen molar-refractivity contribution in [3.63, 3.8) is 0 Å². The lowest BCUT2D eigenvalue weighted by molar-refractivity contribution is -0.131. The maximum atomic E-state index is 12.0. The van der Waals surface area contributed by atoms with Gasteiger partial charge in [0.05, 0.1) is 5.69 Å². The third-order valence-corrected chi connectivity index (χ3v) is 3.50. The number of carbonyl (C=O) groups excluding carboxylic acids is 2. The molecule has 1 aromatic rings. The monoisotopic (exact) mass is 267 g/mol. The molecular weight excluding hydrogens is 250 g/mol. The van der Waals surface area contributed by atoms with E-state index in [0.717, 1.165) is 5.69 Å². The van der Waals surface area contributed by atoms with E-state index in [4.69, 9.17) is 0 Å². The van der Waals surface area contributed by atoms with E-state index in [-0.39, 0.29) is 18.4 Å². The van der Waals surface area contributed by atoms with Gasteiger partial charge in [-0.25, -0.2) is 4.98 Å². The van der Waals surface area contributed by atoms with E-state index in [1.165, 1.54) is 27.2 Å². The molecule has 0 aliphatic heterocycles. The quantitative estimate of drug-likeness (QED) is 0.759. The van der Waals surface area contributed by atoms with E-state index in [2.05, 4.69) is 11.6 Å². The zero-order valence-corrected chi connectivity index (χ0v) is 11.7. The summed E-state index contributed by atoms with van der Waals surface area (Å²) in [4.78, 5) is 30.6. The molecule has 0 saturated carbocycles. The first-order chi connectivity index (χ1) is 8.49. The first kappa shape index (κ1) is 14.4. The van der Waals surface area contributed by atoms with Gasteiger partial charge in [-0.2, -0.15) is 0 Å². The second kappa shape index (κ2) is 6.30. The average molecular weight is 267 g/mol. The van der Waals surface area contributed by atoms with Crippen LogP contribution in [-0.2, 0) is 9.59 Å². The highest BCUT2D eigenvalue weighted by atomic mass is 32.1. The molecule has 6 heteroatoms. The number of aryl methyl sites for hydroxylation is 1. The smallest absolute Gasteiger partial charge is 0.248 e. The maximum absolute atomic E-state index is 12.0. The van der Waals surface area contributed by atoms with Crippen molar-refractivity contribution in [3.8, 4) is 0 Å². The summed E-state index contributed by atoms with van der Waals surface area (Å²) in [5.74, 6) is -0.407. The molecule has 1 rings (SSSR count). The summed E-state index contributed by atoms with van der Waals surface area (Å²) in [6.07, 6.45) is 1.21. The zero-order chi connectivity index (χ0) is 13.7. The Bertz CT molecular complexity index is 456. The van der Waals surface area contributed by atoms with E-state index in [0.29, 0.717) is 11.7 Å². The molecule has 5 nitrogen and oxygen atoms in total. The fourth-order valence-corrected chi connectivity index (χ4v) is 2.13. The first-order valence-electron chi connectivity index (χ1n) is 5.59. The van der Waals surface area contributed by atoms with Crippen LogP contribution in [0.25, 0.3) is 0 Å². The van der Waals surface area contributed by atoms with E-state index < -0.39 is 0 Å². The number of amides is 2. The lowest BCUT2D eigenvalue weighted by Crippen LogP contribution is -2.40. The van der Waals surface area contributed by atoms with Gasteiger partial charge in [-0.05, 0) is 19.9 Å². The molecule has 1 aromatic heterocycles. The second-order valence-corrected chi connectivity index (χ2v) is 4.62. The van der Waals surface area contributed by atoms with Gasteiger partial charge in [0.25, 0.3) is 0 Å². The number of aromatic nitrogens is 1. The van der Waals surface area contributed by atoms with Gasteiger partial charge in [-0.1, -0.05) is 6.58 Å². The Hall–Kier alpha value is -1.69. The van der Waals surface area contributed by atoms with Crippen molar-refractivity contribution >= 4 is 28.3 Å². The summed E-state index contributed by atoms with van der Waals surface area (Å²) in [5.41, 5.74) is 0.879. The van der Waals surface area contributed by atoms with E-state index in [1.807, 2.05) is 19.2 Å². The minimum Gasteiger partial charge on any atom is -0.330 e. The zero-order valence-electron chi connectivity index (χ0n) is 10.8. The normalized spacial score (nSPS) is 9.94. The molecule has 1 heterocycles. The molecule has 2 amide bonds. The molecule has 0 unspecified atom stereocenters. The lowest BCUT2D eigenvalue weighted by atomic mass is 10.4.